The third-order valence-electron chi connectivity index (χ3n) is 2.48. The molecule has 1 aromatic carbocycles. The summed E-state index contributed by atoms with van der Waals surface area (Å²) < 4.78 is 1.80. The Bertz CT molecular complexity index is 540. The Kier molecular flexibility index (Phi) is 3.66. The van der Waals surface area contributed by atoms with Gasteiger partial charge in [0.15, 0.2) is 11.6 Å². The van der Waals surface area contributed by atoms with Crippen molar-refractivity contribution in [2.75, 3.05) is 0 Å². The highest BCUT2D eigenvalue weighted by Gasteiger charge is 2.15. The fraction of sp³-hybridized carbons (Fsp3) is 0.273. The molecule has 0 aliphatic rings. The van der Waals surface area contributed by atoms with Gasteiger partial charge in [0.1, 0.15) is 6.61 Å². The lowest BCUT2D eigenvalue weighted by molar-refractivity contribution is 0.265. The molecule has 0 spiro atoms. The quantitative estimate of drug-likeness (QED) is 0.934. The lowest BCUT2D eigenvalue weighted by atomic mass is 10.2. The van der Waals surface area contributed by atoms with E-state index < -0.39 is 0 Å². The van der Waals surface area contributed by atoms with Crippen LogP contribution in [0.4, 0.5) is 0 Å². The summed E-state index contributed by atoms with van der Waals surface area (Å²) in [5.41, 5.74) is 0.716. The number of aliphatic hydroxyl groups excluding tert-OH is 1. The zero-order chi connectivity index (χ0) is 12.4. The maximum Gasteiger partial charge on any atom is 0.165 e. The maximum absolute atomic E-state index is 9.15. The number of benzene rings is 1. The van der Waals surface area contributed by atoms with Gasteiger partial charge >= 0.3 is 0 Å². The number of hydrogen-bond acceptors (Lipinski definition) is 3. The van der Waals surface area contributed by atoms with Gasteiger partial charge < -0.3 is 9.67 Å². The van der Waals surface area contributed by atoms with Gasteiger partial charge in [-0.2, -0.15) is 0 Å². The molecule has 0 amide bonds. The van der Waals surface area contributed by atoms with Gasteiger partial charge in [0.25, 0.3) is 0 Å². The van der Waals surface area contributed by atoms with Crippen molar-refractivity contribution in [3.8, 4) is 11.4 Å². The third-order valence-corrected chi connectivity index (χ3v) is 3.30. The molecule has 2 aromatic rings. The Morgan fingerprint density at radius 1 is 1.29 bits per heavy atom. The van der Waals surface area contributed by atoms with E-state index in [1.54, 1.807) is 16.7 Å². The minimum atomic E-state index is -0.154. The number of aromatic nitrogens is 3. The summed E-state index contributed by atoms with van der Waals surface area (Å²) in [6, 6.07) is 5.34. The van der Waals surface area contributed by atoms with Crippen LogP contribution in [0.5, 0.6) is 0 Å². The van der Waals surface area contributed by atoms with Crippen LogP contribution < -0.4 is 0 Å². The Morgan fingerprint density at radius 2 is 2.06 bits per heavy atom. The number of rotatable bonds is 3. The predicted molar refractivity (Wildman–Crippen MR) is 67.1 cm³/mol. The largest absolute Gasteiger partial charge is 0.388 e. The van der Waals surface area contributed by atoms with Gasteiger partial charge in [-0.05, 0) is 19.1 Å². The van der Waals surface area contributed by atoms with Crippen LogP contribution in [0, 0.1) is 0 Å². The lowest BCUT2D eigenvalue weighted by Gasteiger charge is -2.08. The summed E-state index contributed by atoms with van der Waals surface area (Å²) in [6.45, 7) is 2.45. The van der Waals surface area contributed by atoms with Gasteiger partial charge in [0.05, 0.1) is 10.0 Å². The highest BCUT2D eigenvalue weighted by Crippen LogP contribution is 2.32. The summed E-state index contributed by atoms with van der Waals surface area (Å²) >= 11 is 12.1. The van der Waals surface area contributed by atoms with Crippen LogP contribution >= 0.6 is 23.2 Å². The molecule has 2 rings (SSSR count). The van der Waals surface area contributed by atoms with Crippen LogP contribution in [-0.4, -0.2) is 19.9 Å². The molecule has 0 aliphatic carbocycles. The molecule has 4 nitrogen and oxygen atoms in total. The van der Waals surface area contributed by atoms with E-state index in [0.29, 0.717) is 33.8 Å². The minimum Gasteiger partial charge on any atom is -0.388 e. The van der Waals surface area contributed by atoms with Gasteiger partial charge in [0, 0.05) is 12.1 Å². The zero-order valence-electron chi connectivity index (χ0n) is 9.19. The zero-order valence-corrected chi connectivity index (χ0v) is 10.7. The number of nitrogens with zero attached hydrogens (tertiary/aromatic N) is 3. The van der Waals surface area contributed by atoms with Crippen molar-refractivity contribution in [3.05, 3.63) is 34.1 Å². The molecule has 1 heterocycles. The molecular weight excluding hydrogens is 261 g/mol. The van der Waals surface area contributed by atoms with Gasteiger partial charge in [-0.1, -0.05) is 29.3 Å². The minimum absolute atomic E-state index is 0.154. The van der Waals surface area contributed by atoms with Crippen molar-refractivity contribution in [2.24, 2.45) is 0 Å². The first-order valence-corrected chi connectivity index (χ1v) is 5.92. The average molecular weight is 272 g/mol. The molecule has 0 bridgehead atoms. The summed E-state index contributed by atoms with van der Waals surface area (Å²) in [5.74, 6) is 1.13. The van der Waals surface area contributed by atoms with Gasteiger partial charge in [-0.15, -0.1) is 10.2 Å². The second-order valence-electron chi connectivity index (χ2n) is 3.44. The molecule has 1 aromatic heterocycles. The second-order valence-corrected chi connectivity index (χ2v) is 4.23. The standard InChI is InChI=1S/C11H11Cl2N3O/c1-2-16-9(6-17)14-15-11(16)7-4-3-5-8(12)10(7)13/h3-5,17H,2,6H2,1H3. The first-order chi connectivity index (χ1) is 8.19. The van der Waals surface area contributed by atoms with E-state index in [0.717, 1.165) is 0 Å². The average Bonchev–Trinajstić information content (AvgIpc) is 2.75. The van der Waals surface area contributed by atoms with Gasteiger partial charge in [-0.3, -0.25) is 0 Å². The number of halogens is 2. The molecule has 0 unspecified atom stereocenters. The van der Waals surface area contributed by atoms with Crippen LogP contribution in [0.1, 0.15) is 12.7 Å². The van der Waals surface area contributed by atoms with E-state index in [-0.39, 0.29) is 6.61 Å². The molecule has 0 aliphatic heterocycles. The van der Waals surface area contributed by atoms with Crippen molar-refractivity contribution in [1.82, 2.24) is 14.8 Å². The summed E-state index contributed by atoms with van der Waals surface area (Å²) in [5, 5.41) is 18.0. The topological polar surface area (TPSA) is 50.9 Å². The Morgan fingerprint density at radius 3 is 2.71 bits per heavy atom. The van der Waals surface area contributed by atoms with E-state index in [2.05, 4.69) is 10.2 Å². The second kappa shape index (κ2) is 5.04. The third kappa shape index (κ3) is 2.16. The van der Waals surface area contributed by atoms with Crippen LogP contribution in [-0.2, 0) is 13.2 Å². The van der Waals surface area contributed by atoms with E-state index in [1.165, 1.54) is 0 Å². The van der Waals surface area contributed by atoms with Crippen molar-refractivity contribution < 1.29 is 5.11 Å². The molecule has 0 fully saturated rings. The smallest absolute Gasteiger partial charge is 0.165 e. The van der Waals surface area contributed by atoms with E-state index in [9.17, 15) is 0 Å². The lowest BCUT2D eigenvalue weighted by Crippen LogP contribution is -2.03. The highest BCUT2D eigenvalue weighted by atomic mass is 35.5. The Balaban J connectivity index is 2.60. The predicted octanol–water partition coefficient (Wildman–Crippen LogP) is 2.76. The number of hydrogen-bond donors (Lipinski definition) is 1. The summed E-state index contributed by atoms with van der Waals surface area (Å²) in [4.78, 5) is 0. The normalized spacial score (nSPS) is 10.8. The van der Waals surface area contributed by atoms with Crippen LogP contribution in [0.15, 0.2) is 18.2 Å². The molecule has 0 atom stereocenters. The van der Waals surface area contributed by atoms with Gasteiger partial charge in [0.2, 0.25) is 0 Å². The SMILES string of the molecule is CCn1c(CO)nnc1-c1cccc(Cl)c1Cl. The van der Waals surface area contributed by atoms with E-state index in [4.69, 9.17) is 28.3 Å². The first-order valence-electron chi connectivity index (χ1n) is 5.16. The number of aliphatic hydroxyl groups is 1. The van der Waals surface area contributed by atoms with Gasteiger partial charge in [-0.25, -0.2) is 0 Å². The maximum atomic E-state index is 9.15. The van der Waals surface area contributed by atoms with Crippen LogP contribution in [0.25, 0.3) is 11.4 Å². The molecule has 0 radical (unpaired) electrons. The fourth-order valence-electron chi connectivity index (χ4n) is 1.66. The fourth-order valence-corrected chi connectivity index (χ4v) is 2.05. The van der Waals surface area contributed by atoms with Crippen LogP contribution in [0.3, 0.4) is 0 Å². The summed E-state index contributed by atoms with van der Waals surface area (Å²) in [6.07, 6.45) is 0. The van der Waals surface area contributed by atoms with Crippen molar-refractivity contribution in [3.63, 3.8) is 0 Å². The molecule has 1 N–H and O–H groups in total. The highest BCUT2D eigenvalue weighted by molar-refractivity contribution is 6.43. The monoisotopic (exact) mass is 271 g/mol. The molecule has 0 saturated heterocycles. The van der Waals surface area contributed by atoms with E-state index in [1.807, 2.05) is 13.0 Å². The molecule has 6 heteroatoms. The molecule has 90 valence electrons. The Hall–Kier alpha value is -1.10. The summed E-state index contributed by atoms with van der Waals surface area (Å²) in [7, 11) is 0. The Labute approximate surface area is 109 Å². The molecule has 0 saturated carbocycles. The van der Waals surface area contributed by atoms with Crippen molar-refractivity contribution >= 4 is 23.2 Å². The first kappa shape index (κ1) is 12.4. The van der Waals surface area contributed by atoms with Crippen molar-refractivity contribution in [2.45, 2.75) is 20.1 Å². The molecular formula is C11H11Cl2N3O. The molecule has 17 heavy (non-hydrogen) atoms. The van der Waals surface area contributed by atoms with E-state index >= 15 is 0 Å². The van der Waals surface area contributed by atoms with Crippen LogP contribution in [0.2, 0.25) is 10.0 Å². The van der Waals surface area contributed by atoms with Crippen molar-refractivity contribution in [1.29, 1.82) is 0 Å².